The molecule has 0 spiro atoms. The molecule has 0 saturated carbocycles. The van der Waals surface area contributed by atoms with Crippen molar-refractivity contribution in [2.75, 3.05) is 12.4 Å². The molecule has 0 bridgehead atoms. The molecule has 1 N–H and O–H groups in total. The lowest BCUT2D eigenvalue weighted by Gasteiger charge is -2.17. The highest BCUT2D eigenvalue weighted by molar-refractivity contribution is 5.88. The molecule has 1 aromatic heterocycles. The Hall–Kier alpha value is -2.30. The van der Waals surface area contributed by atoms with Gasteiger partial charge in [-0.15, -0.1) is 0 Å². The number of rotatable bonds is 3. The van der Waals surface area contributed by atoms with E-state index in [1.807, 2.05) is 52.0 Å². The average molecular weight is 301 g/mol. The van der Waals surface area contributed by atoms with Crippen LogP contribution < -0.4 is 5.32 Å². The van der Waals surface area contributed by atoms with Crippen molar-refractivity contribution >= 4 is 11.8 Å². The molecule has 22 heavy (non-hydrogen) atoms. The summed E-state index contributed by atoms with van der Waals surface area (Å²) in [6.07, 6.45) is 0. The van der Waals surface area contributed by atoms with Gasteiger partial charge in [-0.3, -0.25) is 5.32 Å². The van der Waals surface area contributed by atoms with Crippen LogP contribution in [0.1, 0.15) is 37.7 Å². The fraction of sp³-hybridized carbons (Fsp3) is 0.412. The number of anilines is 1. The Labute approximate surface area is 131 Å². The first-order chi connectivity index (χ1) is 10.3. The molecular weight excluding hydrogens is 278 g/mol. The van der Waals surface area contributed by atoms with Crippen molar-refractivity contribution in [2.45, 2.75) is 39.7 Å². The zero-order valence-electron chi connectivity index (χ0n) is 13.8. The molecule has 0 aliphatic carbocycles. The number of aryl methyl sites for hydroxylation is 1. The standard InChI is InChI=1S/C17H23N3O2/c1-12-6-8-13(9-7-12)11-20(5)16(21)18-15-10-14(22-19-15)17(2,3)4/h6-10H,11H2,1-5H3,(H,18,19,21). The van der Waals surface area contributed by atoms with Gasteiger partial charge >= 0.3 is 6.03 Å². The van der Waals surface area contributed by atoms with Gasteiger partial charge in [0.25, 0.3) is 0 Å². The Morgan fingerprint density at radius 1 is 1.27 bits per heavy atom. The molecule has 0 unspecified atom stereocenters. The summed E-state index contributed by atoms with van der Waals surface area (Å²) in [4.78, 5) is 13.8. The molecule has 1 aromatic carbocycles. The summed E-state index contributed by atoms with van der Waals surface area (Å²) in [5.41, 5.74) is 2.15. The van der Waals surface area contributed by atoms with Crippen molar-refractivity contribution in [1.82, 2.24) is 10.1 Å². The lowest BCUT2D eigenvalue weighted by atomic mass is 9.93. The number of aromatic nitrogens is 1. The third-order valence-electron chi connectivity index (χ3n) is 3.37. The maximum absolute atomic E-state index is 12.2. The van der Waals surface area contributed by atoms with Gasteiger partial charge in [-0.25, -0.2) is 4.79 Å². The van der Waals surface area contributed by atoms with E-state index in [1.54, 1.807) is 18.0 Å². The van der Waals surface area contributed by atoms with Crippen LogP contribution in [-0.2, 0) is 12.0 Å². The Balaban J connectivity index is 1.96. The van der Waals surface area contributed by atoms with Gasteiger partial charge in [0.05, 0.1) is 0 Å². The Morgan fingerprint density at radius 3 is 2.45 bits per heavy atom. The minimum absolute atomic E-state index is 0.135. The zero-order valence-corrected chi connectivity index (χ0v) is 13.8. The van der Waals surface area contributed by atoms with Gasteiger partial charge in [0.15, 0.2) is 5.82 Å². The van der Waals surface area contributed by atoms with Crippen LogP contribution >= 0.6 is 0 Å². The molecule has 1 heterocycles. The Kier molecular flexibility index (Phi) is 4.54. The Bertz CT molecular complexity index is 639. The lowest BCUT2D eigenvalue weighted by Crippen LogP contribution is -2.30. The summed E-state index contributed by atoms with van der Waals surface area (Å²) in [6.45, 7) is 8.67. The molecule has 0 atom stereocenters. The van der Waals surface area contributed by atoms with E-state index in [0.717, 1.165) is 11.3 Å². The smallest absolute Gasteiger partial charge is 0.323 e. The van der Waals surface area contributed by atoms with Crippen molar-refractivity contribution in [2.24, 2.45) is 0 Å². The van der Waals surface area contributed by atoms with E-state index >= 15 is 0 Å². The number of hydrogen-bond donors (Lipinski definition) is 1. The quantitative estimate of drug-likeness (QED) is 0.934. The van der Waals surface area contributed by atoms with E-state index in [0.29, 0.717) is 12.4 Å². The topological polar surface area (TPSA) is 58.4 Å². The van der Waals surface area contributed by atoms with Crippen LogP contribution in [0.4, 0.5) is 10.6 Å². The minimum atomic E-state index is -0.214. The summed E-state index contributed by atoms with van der Waals surface area (Å²) in [5, 5.41) is 6.64. The van der Waals surface area contributed by atoms with Crippen LogP contribution in [0.2, 0.25) is 0 Å². The van der Waals surface area contributed by atoms with E-state index in [2.05, 4.69) is 10.5 Å². The number of hydrogen-bond acceptors (Lipinski definition) is 3. The number of nitrogens with zero attached hydrogens (tertiary/aromatic N) is 2. The van der Waals surface area contributed by atoms with Crippen LogP contribution in [-0.4, -0.2) is 23.1 Å². The van der Waals surface area contributed by atoms with E-state index in [9.17, 15) is 4.79 Å². The summed E-state index contributed by atoms with van der Waals surface area (Å²) in [6, 6.07) is 9.66. The minimum Gasteiger partial charge on any atom is -0.359 e. The van der Waals surface area contributed by atoms with Gasteiger partial charge in [-0.1, -0.05) is 55.8 Å². The molecule has 5 nitrogen and oxygen atoms in total. The molecule has 118 valence electrons. The fourth-order valence-corrected chi connectivity index (χ4v) is 1.93. The predicted molar refractivity (Wildman–Crippen MR) is 86.9 cm³/mol. The SMILES string of the molecule is Cc1ccc(CN(C)C(=O)Nc2cc(C(C)(C)C)on2)cc1. The van der Waals surface area contributed by atoms with Gasteiger partial charge in [-0.2, -0.15) is 0 Å². The van der Waals surface area contributed by atoms with Gasteiger partial charge in [0.2, 0.25) is 0 Å². The van der Waals surface area contributed by atoms with Crippen LogP contribution in [0.25, 0.3) is 0 Å². The largest absolute Gasteiger partial charge is 0.359 e. The fourth-order valence-electron chi connectivity index (χ4n) is 1.93. The van der Waals surface area contributed by atoms with Crippen LogP contribution in [0, 0.1) is 6.92 Å². The van der Waals surface area contributed by atoms with Crippen LogP contribution in [0.3, 0.4) is 0 Å². The monoisotopic (exact) mass is 301 g/mol. The highest BCUT2D eigenvalue weighted by Crippen LogP contribution is 2.24. The van der Waals surface area contributed by atoms with Crippen LogP contribution in [0.15, 0.2) is 34.9 Å². The van der Waals surface area contributed by atoms with Gasteiger partial charge in [0, 0.05) is 25.1 Å². The van der Waals surface area contributed by atoms with Crippen molar-refractivity contribution in [1.29, 1.82) is 0 Å². The van der Waals surface area contributed by atoms with Crippen LogP contribution in [0.5, 0.6) is 0 Å². The number of nitrogens with one attached hydrogen (secondary N) is 1. The first kappa shape index (κ1) is 16.1. The molecule has 0 aliphatic heterocycles. The second kappa shape index (κ2) is 6.22. The van der Waals surface area contributed by atoms with Gasteiger partial charge < -0.3 is 9.42 Å². The second-order valence-electron chi connectivity index (χ2n) is 6.60. The maximum Gasteiger partial charge on any atom is 0.323 e. The highest BCUT2D eigenvalue weighted by Gasteiger charge is 2.20. The van der Waals surface area contributed by atoms with Gasteiger partial charge in [-0.05, 0) is 12.5 Å². The second-order valence-corrected chi connectivity index (χ2v) is 6.60. The van der Waals surface area contributed by atoms with E-state index in [4.69, 9.17) is 4.52 Å². The molecule has 0 aliphatic rings. The normalized spacial score (nSPS) is 11.3. The predicted octanol–water partition coefficient (Wildman–Crippen LogP) is 3.94. The van der Waals surface area contributed by atoms with E-state index in [1.165, 1.54) is 5.56 Å². The van der Waals surface area contributed by atoms with E-state index < -0.39 is 0 Å². The summed E-state index contributed by atoms with van der Waals surface area (Å²) in [7, 11) is 1.75. The molecule has 0 saturated heterocycles. The molecule has 2 amide bonds. The van der Waals surface area contributed by atoms with Crippen molar-refractivity contribution < 1.29 is 9.32 Å². The van der Waals surface area contributed by atoms with E-state index in [-0.39, 0.29) is 11.4 Å². The first-order valence-corrected chi connectivity index (χ1v) is 7.30. The highest BCUT2D eigenvalue weighted by atomic mass is 16.5. The number of benzene rings is 1. The maximum atomic E-state index is 12.2. The lowest BCUT2D eigenvalue weighted by molar-refractivity contribution is 0.220. The summed E-state index contributed by atoms with van der Waals surface area (Å²) >= 11 is 0. The molecule has 5 heteroatoms. The Morgan fingerprint density at radius 2 is 1.91 bits per heavy atom. The molecule has 2 rings (SSSR count). The van der Waals surface area contributed by atoms with Crippen molar-refractivity contribution in [3.05, 3.63) is 47.2 Å². The third-order valence-corrected chi connectivity index (χ3v) is 3.37. The molecule has 0 fully saturated rings. The number of urea groups is 1. The number of carbonyl (C=O) groups excluding carboxylic acids is 1. The summed E-state index contributed by atoms with van der Waals surface area (Å²) < 4.78 is 5.26. The molecule has 2 aromatic rings. The molecule has 0 radical (unpaired) electrons. The first-order valence-electron chi connectivity index (χ1n) is 7.30. The number of amides is 2. The van der Waals surface area contributed by atoms with Crippen molar-refractivity contribution in [3.8, 4) is 0 Å². The van der Waals surface area contributed by atoms with Crippen molar-refractivity contribution in [3.63, 3.8) is 0 Å². The molecular formula is C17H23N3O2. The zero-order chi connectivity index (χ0) is 16.3. The summed E-state index contributed by atoms with van der Waals surface area (Å²) in [5.74, 6) is 1.18. The average Bonchev–Trinajstić information content (AvgIpc) is 2.90. The van der Waals surface area contributed by atoms with Gasteiger partial charge in [0.1, 0.15) is 5.76 Å². The number of carbonyl (C=O) groups is 1. The third kappa shape index (κ3) is 4.10.